The van der Waals surface area contributed by atoms with Crippen LogP contribution in [0.5, 0.6) is 0 Å². The predicted octanol–water partition coefficient (Wildman–Crippen LogP) is -18.7. The van der Waals surface area contributed by atoms with Crippen molar-refractivity contribution in [2.45, 2.75) is 285 Å². The van der Waals surface area contributed by atoms with Gasteiger partial charge in [-0.05, 0) is 0 Å². The van der Waals surface area contributed by atoms with Gasteiger partial charge in [-0.25, -0.2) is 4.79 Å². The van der Waals surface area contributed by atoms with E-state index >= 15 is 0 Å². The Morgan fingerprint density at radius 1 is 0.383 bits per heavy atom. The first-order chi connectivity index (χ1) is 50.4. The van der Waals surface area contributed by atoms with Gasteiger partial charge in [-0.3, -0.25) is 19.2 Å². The quantitative estimate of drug-likeness (QED) is 0.0331. The van der Waals surface area contributed by atoms with Crippen LogP contribution in [0.1, 0.15) is 34.1 Å². The van der Waals surface area contributed by atoms with Crippen molar-refractivity contribution in [3.8, 4) is 0 Å². The number of hydrogen-bond donors (Lipinski definition) is 28. The SMILES string of the molecule is CC(=O)N[C@@H]1[C@@H](O)[C@H](O[C@@H]2O[C@H](CO)[C@@H](O[C@H]3O[C@H](CO[C@H]4O[C@H](CO)[C@@H](O)[C@H](O)[C@@H]4O)[C@@H](O)[C@H](O[C@H]4O[C@H](CO)[C@@H](O)[C@H](O)[C@@H]4O[C@@H]4O[C@H](CO)[C@@H](O[C@@H]5O[C@H](CO[C@]6(C(=O)O)C[C@H](O)[C@@H](NC(C)=O)[C@H]([C@H](O)[C@H](O)CO)O6)[C@H](O)[C@H](O)[C@H]5O)[C@H](O)[C@H]4NC(C)=O)[C@@H]3O)[C@H](O)[C@H]2NC(C)=O)[C@@H](CO)O[C@H]1O. The molecular formula is C59H98N4O44. The summed E-state index contributed by atoms with van der Waals surface area (Å²) in [7, 11) is 0. The zero-order chi connectivity index (χ0) is 79.3. The van der Waals surface area contributed by atoms with Gasteiger partial charge < -0.3 is 215 Å². The second kappa shape index (κ2) is 38.1. The maximum absolute atomic E-state index is 13.0. The Balaban J connectivity index is 1.06. The molecule has 0 saturated carbocycles. The highest BCUT2D eigenvalue weighted by atomic mass is 16.8. The minimum Gasteiger partial charge on any atom is -0.477 e. The lowest BCUT2D eigenvalue weighted by molar-refractivity contribution is -0.397. The Kier molecular flexibility index (Phi) is 31.5. The number of carboxylic acid groups (broad SMARTS) is 1. The summed E-state index contributed by atoms with van der Waals surface area (Å²) in [5, 5.41) is 273. The number of carbonyl (C=O) groups is 5. The third kappa shape index (κ3) is 19.7. The number of ether oxygens (including phenoxy) is 15. The Morgan fingerprint density at radius 3 is 1.23 bits per heavy atom. The van der Waals surface area contributed by atoms with Crippen LogP contribution in [0, 0.1) is 0 Å². The number of aliphatic carboxylic acids is 1. The van der Waals surface area contributed by atoms with Gasteiger partial charge >= 0.3 is 5.97 Å². The third-order valence-corrected chi connectivity index (χ3v) is 19.2. The highest BCUT2D eigenvalue weighted by molar-refractivity contribution is 5.77. The Hall–Kier alpha value is -4.17. The molecule has 8 rings (SSSR count). The number of rotatable bonds is 29. The fourth-order valence-electron chi connectivity index (χ4n) is 13.6. The first-order valence-electron chi connectivity index (χ1n) is 33.7. The Morgan fingerprint density at radius 2 is 0.757 bits per heavy atom. The minimum absolute atomic E-state index is 0.769. The van der Waals surface area contributed by atoms with Gasteiger partial charge in [-0.1, -0.05) is 0 Å². The van der Waals surface area contributed by atoms with E-state index in [4.69, 9.17) is 71.1 Å². The van der Waals surface area contributed by atoms with E-state index in [2.05, 4.69) is 21.3 Å². The molecule has 41 atom stereocenters. The van der Waals surface area contributed by atoms with E-state index < -0.39 is 340 Å². The van der Waals surface area contributed by atoms with Crippen molar-refractivity contribution in [2.75, 3.05) is 52.9 Å². The molecule has 8 fully saturated rings. The summed E-state index contributed by atoms with van der Waals surface area (Å²) in [5.74, 6) is -8.61. The van der Waals surface area contributed by atoms with E-state index in [0.29, 0.717) is 0 Å². The maximum Gasteiger partial charge on any atom is 0.364 e. The van der Waals surface area contributed by atoms with Crippen molar-refractivity contribution in [2.24, 2.45) is 0 Å². The van der Waals surface area contributed by atoms with Crippen LogP contribution in [0.15, 0.2) is 0 Å². The van der Waals surface area contributed by atoms with Crippen LogP contribution in [-0.4, -0.2) is 456 Å². The van der Waals surface area contributed by atoms with E-state index in [-0.39, 0.29) is 0 Å². The highest BCUT2D eigenvalue weighted by Crippen LogP contribution is 2.40. The standard InChI is InChI=1S/C59H98N4O44/c1-14(70)60-27-18(74)5-59(58(91)92,107-48(27)31(76)19(75)6-64)94-13-26-34(79)40(85)43(88)55(101-26)103-46-23(10-68)99-53(30(38(46)83)63-17(4)73)106-50-41(86)33(78)21(8-66)97-57(50)105-49-35(80)25(12-93-54-42(87)39(84)32(77)20(7-65)96-54)100-56(44(49)89)104-47-24(11-69)98-52(29(37(47)82)62-16(3)72)102-45-22(9-67)95-51(90)28(36(45)81)61-15(2)71/h18-57,64-69,74-90H,5-13H2,1-4H3,(H,60,70)(H,61,71)(H,62,72)(H,63,73)(H,91,92)/t18-,19+,20+,21+,22+,23+,24+,25+,26+,27+,28+,29+,30+,31+,32+,33+,34-,35+,36+,37+,38+,39-,40-,41-,42-,43+,44-,45+,46+,47+,48+,49-,50-,51+,52-,53-,54-,55-,56+,57+,59+/m0/s1. The fourth-order valence-corrected chi connectivity index (χ4v) is 13.6. The summed E-state index contributed by atoms with van der Waals surface area (Å²) in [4.78, 5) is 62.9. The van der Waals surface area contributed by atoms with E-state index in [1.165, 1.54) is 0 Å². The molecule has 618 valence electrons. The molecule has 0 spiro atoms. The van der Waals surface area contributed by atoms with Gasteiger partial charge in [0.1, 0.15) is 189 Å². The van der Waals surface area contributed by atoms with Crippen molar-refractivity contribution in [1.82, 2.24) is 21.3 Å². The van der Waals surface area contributed by atoms with Gasteiger partial charge in [-0.15, -0.1) is 0 Å². The first-order valence-corrected chi connectivity index (χ1v) is 33.7. The smallest absolute Gasteiger partial charge is 0.364 e. The van der Waals surface area contributed by atoms with Crippen molar-refractivity contribution in [3.63, 3.8) is 0 Å². The van der Waals surface area contributed by atoms with E-state index in [1.54, 1.807) is 0 Å². The first kappa shape index (κ1) is 88.4. The molecule has 8 saturated heterocycles. The fraction of sp³-hybridized carbons (Fsp3) is 0.915. The number of aliphatic hydroxyl groups excluding tert-OH is 23. The average Bonchev–Trinajstić information content (AvgIpc) is 0.766. The topological polar surface area (TPSA) is 757 Å². The van der Waals surface area contributed by atoms with E-state index in [9.17, 15) is 147 Å². The molecule has 0 unspecified atom stereocenters. The summed E-state index contributed by atoms with van der Waals surface area (Å²) < 4.78 is 87.5. The number of amides is 4. The molecule has 28 N–H and O–H groups in total. The molecule has 4 amide bonds. The lowest BCUT2D eigenvalue weighted by atomic mass is 9.88. The van der Waals surface area contributed by atoms with E-state index in [1.807, 2.05) is 0 Å². The molecule has 8 aliphatic heterocycles. The number of carbonyl (C=O) groups excluding carboxylic acids is 4. The lowest BCUT2D eigenvalue weighted by Gasteiger charge is -2.51. The largest absolute Gasteiger partial charge is 0.477 e. The number of aliphatic hydroxyl groups is 23. The zero-order valence-electron chi connectivity index (χ0n) is 57.4. The Bertz CT molecular complexity index is 2870. The van der Waals surface area contributed by atoms with Gasteiger partial charge in [0.2, 0.25) is 23.6 Å². The third-order valence-electron chi connectivity index (χ3n) is 19.2. The van der Waals surface area contributed by atoms with Crippen LogP contribution in [0.3, 0.4) is 0 Å². The van der Waals surface area contributed by atoms with Crippen LogP contribution in [0.2, 0.25) is 0 Å². The van der Waals surface area contributed by atoms with Crippen LogP contribution >= 0.6 is 0 Å². The molecule has 0 aromatic rings. The summed E-state index contributed by atoms with van der Waals surface area (Å²) >= 11 is 0. The molecular weight excluding hydrogens is 1470 g/mol. The predicted molar refractivity (Wildman–Crippen MR) is 328 cm³/mol. The van der Waals surface area contributed by atoms with Crippen molar-refractivity contribution >= 4 is 29.6 Å². The van der Waals surface area contributed by atoms with Gasteiger partial charge in [-0.2, -0.15) is 0 Å². The highest BCUT2D eigenvalue weighted by Gasteiger charge is 2.61. The second-order valence-corrected chi connectivity index (χ2v) is 26.8. The number of nitrogens with one attached hydrogen (secondary N) is 4. The molecule has 0 aliphatic carbocycles. The molecule has 0 bridgehead atoms. The summed E-state index contributed by atoms with van der Waals surface area (Å²) in [6.07, 6.45) is -77.0. The van der Waals surface area contributed by atoms with Gasteiger partial charge in [0.05, 0.1) is 65.0 Å². The van der Waals surface area contributed by atoms with Crippen molar-refractivity contribution in [3.05, 3.63) is 0 Å². The monoisotopic (exact) mass is 1570 g/mol. The van der Waals surface area contributed by atoms with Crippen molar-refractivity contribution < 1.29 is 218 Å². The summed E-state index contributed by atoms with van der Waals surface area (Å²) in [5.41, 5.74) is 0. The molecule has 107 heavy (non-hydrogen) atoms. The second-order valence-electron chi connectivity index (χ2n) is 26.8. The van der Waals surface area contributed by atoms with Crippen LogP contribution in [0.25, 0.3) is 0 Å². The maximum atomic E-state index is 13.0. The van der Waals surface area contributed by atoms with Crippen LogP contribution < -0.4 is 21.3 Å². The van der Waals surface area contributed by atoms with E-state index in [0.717, 1.165) is 27.7 Å². The molecule has 0 aromatic heterocycles. The molecule has 8 heterocycles. The average molecular weight is 1570 g/mol. The van der Waals surface area contributed by atoms with Gasteiger partial charge in [0, 0.05) is 34.1 Å². The normalized spacial score (nSPS) is 46.9. The van der Waals surface area contributed by atoms with Crippen LogP contribution in [-0.2, 0) is 95.0 Å². The molecule has 48 heteroatoms. The van der Waals surface area contributed by atoms with Crippen LogP contribution in [0.4, 0.5) is 0 Å². The molecule has 0 aromatic carbocycles. The zero-order valence-corrected chi connectivity index (χ0v) is 57.4. The van der Waals surface area contributed by atoms with Gasteiger partial charge in [0.15, 0.2) is 44.0 Å². The number of hydrogen-bond acceptors (Lipinski definition) is 43. The van der Waals surface area contributed by atoms with Gasteiger partial charge in [0.25, 0.3) is 5.79 Å². The Labute approximate surface area is 605 Å². The molecule has 8 aliphatic rings. The number of carboxylic acids is 1. The summed E-state index contributed by atoms with van der Waals surface area (Å²) in [6, 6.07) is -7.18. The lowest BCUT2D eigenvalue weighted by Crippen LogP contribution is -2.71. The minimum atomic E-state index is -3.06. The van der Waals surface area contributed by atoms with Crippen molar-refractivity contribution in [1.29, 1.82) is 0 Å². The summed E-state index contributed by atoms with van der Waals surface area (Å²) in [6.45, 7) is -5.01. The molecule has 48 nitrogen and oxygen atoms in total. The molecule has 0 radical (unpaired) electrons.